The van der Waals surface area contributed by atoms with E-state index in [0.717, 1.165) is 51.4 Å². The molecule has 158 valence electrons. The Morgan fingerprint density at radius 2 is 1.79 bits per heavy atom. The average molecular weight is 395 g/mol. The molecule has 3 rings (SSSR count). The van der Waals surface area contributed by atoms with Crippen LogP contribution in [0.2, 0.25) is 0 Å². The Bertz CT molecular complexity index is 631. The second kappa shape index (κ2) is 8.03. The second-order valence-electron chi connectivity index (χ2n) is 9.72. The monoisotopic (exact) mass is 394 g/mol. The fraction of sp³-hybridized carbons (Fsp3) is 0.864. The molecule has 6 atom stereocenters. The van der Waals surface area contributed by atoms with Gasteiger partial charge in [-0.05, 0) is 81.5 Å². The molecule has 3 aliphatic carbocycles. The summed E-state index contributed by atoms with van der Waals surface area (Å²) in [4.78, 5) is 34.8. The lowest BCUT2D eigenvalue weighted by Crippen LogP contribution is -2.52. The van der Waals surface area contributed by atoms with E-state index in [2.05, 4.69) is 13.8 Å². The number of carboxylic acids is 1. The molecule has 28 heavy (non-hydrogen) atoms. The molecule has 0 saturated heterocycles. The molecule has 6 nitrogen and oxygen atoms in total. The molecule has 0 radical (unpaired) electrons. The van der Waals surface area contributed by atoms with Crippen molar-refractivity contribution in [3.8, 4) is 0 Å². The van der Waals surface area contributed by atoms with Crippen LogP contribution in [-0.4, -0.2) is 36.2 Å². The zero-order chi connectivity index (χ0) is 20.5. The molecule has 0 aromatic rings. The first-order chi connectivity index (χ1) is 13.2. The minimum atomic E-state index is -0.970. The smallest absolute Gasteiger partial charge is 0.311 e. The molecule has 0 spiro atoms. The van der Waals surface area contributed by atoms with Crippen molar-refractivity contribution in [3.05, 3.63) is 0 Å². The largest absolute Gasteiger partial charge is 0.481 e. The van der Waals surface area contributed by atoms with E-state index >= 15 is 0 Å². The number of fused-ring (bicyclic) bond motifs is 3. The maximum Gasteiger partial charge on any atom is 0.311 e. The van der Waals surface area contributed by atoms with Gasteiger partial charge in [0.2, 0.25) is 0 Å². The van der Waals surface area contributed by atoms with Crippen LogP contribution in [0.5, 0.6) is 0 Å². The minimum absolute atomic E-state index is 0.0510. The van der Waals surface area contributed by atoms with E-state index in [-0.39, 0.29) is 35.7 Å². The van der Waals surface area contributed by atoms with Crippen molar-refractivity contribution in [2.45, 2.75) is 84.2 Å². The van der Waals surface area contributed by atoms with E-state index in [1.807, 2.05) is 0 Å². The average Bonchev–Trinajstić information content (AvgIpc) is 2.65. The third kappa shape index (κ3) is 4.06. The topological polar surface area (TPSA) is 89.9 Å². The van der Waals surface area contributed by atoms with Gasteiger partial charge in [0.05, 0.1) is 25.4 Å². The van der Waals surface area contributed by atoms with E-state index in [9.17, 15) is 14.4 Å². The van der Waals surface area contributed by atoms with E-state index in [4.69, 9.17) is 14.6 Å². The third-order valence-corrected chi connectivity index (χ3v) is 8.03. The standard InChI is InChI=1S/C22H34O6/c1-21(20(26)27-3)10-9-17-14(13-21)4-5-15-12-16(8-11-22(15,17)2)28-19(25)7-6-18(23)24/h14-17H,4-13H2,1-3H3,(H,23,24)/t14-,15+,16+,17-,21-,22-/m0/s1. The molecule has 6 heteroatoms. The SMILES string of the molecule is COC(=O)[C@@]1(C)CC[C@H]2[C@@H](CC[C@@H]3C[C@H](OC(=O)CCC(=O)O)CC[C@@]32C)C1. The molecule has 0 amide bonds. The van der Waals surface area contributed by atoms with Gasteiger partial charge in [-0.25, -0.2) is 0 Å². The molecule has 1 N–H and O–H groups in total. The molecule has 0 aliphatic heterocycles. The lowest BCUT2D eigenvalue weighted by atomic mass is 9.47. The summed E-state index contributed by atoms with van der Waals surface area (Å²) in [6.07, 6.45) is 7.55. The highest BCUT2D eigenvalue weighted by atomic mass is 16.5. The summed E-state index contributed by atoms with van der Waals surface area (Å²) >= 11 is 0. The van der Waals surface area contributed by atoms with Crippen LogP contribution >= 0.6 is 0 Å². The van der Waals surface area contributed by atoms with Gasteiger partial charge in [-0.15, -0.1) is 0 Å². The summed E-state index contributed by atoms with van der Waals surface area (Å²) in [7, 11) is 1.48. The van der Waals surface area contributed by atoms with Crippen molar-refractivity contribution in [2.75, 3.05) is 7.11 Å². The molecule has 0 aromatic carbocycles. The molecular formula is C22H34O6. The molecule has 0 heterocycles. The molecule has 0 aromatic heterocycles. The van der Waals surface area contributed by atoms with Crippen molar-refractivity contribution in [1.82, 2.24) is 0 Å². The van der Waals surface area contributed by atoms with Gasteiger partial charge in [0.15, 0.2) is 0 Å². The zero-order valence-corrected chi connectivity index (χ0v) is 17.4. The highest BCUT2D eigenvalue weighted by molar-refractivity contribution is 5.77. The lowest BCUT2D eigenvalue weighted by Gasteiger charge is -2.58. The van der Waals surface area contributed by atoms with Crippen LogP contribution in [0.1, 0.15) is 78.1 Å². The number of methoxy groups -OCH3 is 1. The Morgan fingerprint density at radius 3 is 2.46 bits per heavy atom. The predicted octanol–water partition coefficient (Wildman–Crippen LogP) is 3.96. The number of rotatable bonds is 5. The Labute approximate surface area is 167 Å². The maximum absolute atomic E-state index is 12.3. The Kier molecular flexibility index (Phi) is 6.06. The van der Waals surface area contributed by atoms with Gasteiger partial charge >= 0.3 is 17.9 Å². The van der Waals surface area contributed by atoms with Crippen LogP contribution in [-0.2, 0) is 23.9 Å². The second-order valence-corrected chi connectivity index (χ2v) is 9.72. The number of aliphatic carboxylic acids is 1. The summed E-state index contributed by atoms with van der Waals surface area (Å²) in [5.74, 6) is 0.276. The predicted molar refractivity (Wildman–Crippen MR) is 102 cm³/mol. The fourth-order valence-corrected chi connectivity index (χ4v) is 6.43. The highest BCUT2D eigenvalue weighted by Crippen LogP contribution is 2.61. The first kappa shape index (κ1) is 21.1. The first-order valence-corrected chi connectivity index (χ1v) is 10.7. The molecule has 0 unspecified atom stereocenters. The van der Waals surface area contributed by atoms with Crippen molar-refractivity contribution >= 4 is 17.9 Å². The Morgan fingerprint density at radius 1 is 1.04 bits per heavy atom. The first-order valence-electron chi connectivity index (χ1n) is 10.7. The van der Waals surface area contributed by atoms with E-state index in [0.29, 0.717) is 17.8 Å². The van der Waals surface area contributed by atoms with E-state index in [1.54, 1.807) is 0 Å². The molecule has 3 aliphatic rings. The Balaban J connectivity index is 1.60. The van der Waals surface area contributed by atoms with Crippen molar-refractivity contribution in [3.63, 3.8) is 0 Å². The molecule has 3 fully saturated rings. The van der Waals surface area contributed by atoms with Gasteiger partial charge in [0.25, 0.3) is 0 Å². The number of hydrogen-bond donors (Lipinski definition) is 1. The highest BCUT2D eigenvalue weighted by Gasteiger charge is 2.55. The van der Waals surface area contributed by atoms with Crippen LogP contribution in [0.25, 0.3) is 0 Å². The van der Waals surface area contributed by atoms with Gasteiger partial charge in [-0.2, -0.15) is 0 Å². The fourth-order valence-electron chi connectivity index (χ4n) is 6.43. The summed E-state index contributed by atoms with van der Waals surface area (Å²) in [5.41, 5.74) is -0.111. The van der Waals surface area contributed by atoms with Crippen LogP contribution < -0.4 is 0 Å². The van der Waals surface area contributed by atoms with E-state index in [1.165, 1.54) is 7.11 Å². The van der Waals surface area contributed by atoms with Crippen LogP contribution in [0.15, 0.2) is 0 Å². The van der Waals surface area contributed by atoms with Gasteiger partial charge in [-0.3, -0.25) is 14.4 Å². The van der Waals surface area contributed by atoms with Gasteiger partial charge in [-0.1, -0.05) is 6.92 Å². The minimum Gasteiger partial charge on any atom is -0.481 e. The van der Waals surface area contributed by atoms with Gasteiger partial charge < -0.3 is 14.6 Å². The maximum atomic E-state index is 12.3. The lowest BCUT2D eigenvalue weighted by molar-refractivity contribution is -0.166. The molecular weight excluding hydrogens is 360 g/mol. The number of carbonyl (C=O) groups is 3. The quantitative estimate of drug-likeness (QED) is 0.710. The van der Waals surface area contributed by atoms with E-state index < -0.39 is 11.9 Å². The van der Waals surface area contributed by atoms with Crippen LogP contribution in [0.4, 0.5) is 0 Å². The number of carboxylic acid groups (broad SMARTS) is 1. The normalized spacial score (nSPS) is 40.0. The summed E-state index contributed by atoms with van der Waals surface area (Å²) in [6.45, 7) is 4.45. The molecule has 0 bridgehead atoms. The summed E-state index contributed by atoms with van der Waals surface area (Å²) in [6, 6.07) is 0. The third-order valence-electron chi connectivity index (χ3n) is 8.03. The number of hydrogen-bond acceptors (Lipinski definition) is 5. The number of ether oxygens (including phenoxy) is 2. The van der Waals surface area contributed by atoms with Crippen molar-refractivity contribution in [1.29, 1.82) is 0 Å². The molecule has 3 saturated carbocycles. The van der Waals surface area contributed by atoms with Crippen LogP contribution in [0.3, 0.4) is 0 Å². The van der Waals surface area contributed by atoms with Gasteiger partial charge in [0.1, 0.15) is 6.10 Å². The number of carbonyl (C=O) groups excluding carboxylic acids is 2. The van der Waals surface area contributed by atoms with Crippen molar-refractivity contribution in [2.24, 2.45) is 28.6 Å². The van der Waals surface area contributed by atoms with Gasteiger partial charge in [0, 0.05) is 0 Å². The zero-order valence-electron chi connectivity index (χ0n) is 17.4. The summed E-state index contributed by atoms with van der Waals surface area (Å²) < 4.78 is 10.7. The summed E-state index contributed by atoms with van der Waals surface area (Å²) in [5, 5.41) is 8.72. The van der Waals surface area contributed by atoms with Crippen molar-refractivity contribution < 1.29 is 29.0 Å². The van der Waals surface area contributed by atoms with Crippen LogP contribution in [0, 0.1) is 28.6 Å². The Hall–Kier alpha value is -1.59. The number of esters is 2.